The topological polar surface area (TPSA) is 54.9 Å². The normalized spacial score (nSPS) is 23.9. The Morgan fingerprint density at radius 1 is 1.50 bits per heavy atom. The molecule has 2 unspecified atom stereocenters. The molecule has 1 aliphatic carbocycles. The SMILES string of the molecule is CCCc1nnsc1C(=O)NC1CCCCC1Br. The fraction of sp³-hybridized carbons (Fsp3) is 0.750. The number of halogens is 1. The van der Waals surface area contributed by atoms with Crippen LogP contribution in [0.2, 0.25) is 0 Å². The fourth-order valence-electron chi connectivity index (χ4n) is 2.26. The molecule has 1 fully saturated rings. The Hall–Kier alpha value is -0.490. The van der Waals surface area contributed by atoms with E-state index in [0.717, 1.165) is 31.4 Å². The van der Waals surface area contributed by atoms with Crippen LogP contribution in [0.4, 0.5) is 0 Å². The Morgan fingerprint density at radius 2 is 2.28 bits per heavy atom. The number of carbonyl (C=O) groups is 1. The van der Waals surface area contributed by atoms with Crippen LogP contribution in [0.15, 0.2) is 0 Å². The van der Waals surface area contributed by atoms with Crippen molar-refractivity contribution < 1.29 is 4.79 Å². The summed E-state index contributed by atoms with van der Waals surface area (Å²) in [4.78, 5) is 13.3. The van der Waals surface area contributed by atoms with Crippen LogP contribution in [0.1, 0.15) is 54.4 Å². The Morgan fingerprint density at radius 3 is 3.00 bits per heavy atom. The first-order valence-corrected chi connectivity index (χ1v) is 8.17. The lowest BCUT2D eigenvalue weighted by atomic mass is 9.95. The number of hydrogen-bond donors (Lipinski definition) is 1. The third-order valence-electron chi connectivity index (χ3n) is 3.25. The van der Waals surface area contributed by atoms with E-state index in [-0.39, 0.29) is 11.9 Å². The number of alkyl halides is 1. The standard InChI is InChI=1S/C12H18BrN3OS/c1-2-5-10-11(18-16-15-10)12(17)14-9-7-4-3-6-8(9)13/h8-9H,2-7H2,1H3,(H,14,17). The van der Waals surface area contributed by atoms with Crippen LogP contribution in [-0.4, -0.2) is 26.4 Å². The van der Waals surface area contributed by atoms with Crippen molar-refractivity contribution in [2.45, 2.75) is 56.3 Å². The van der Waals surface area contributed by atoms with Gasteiger partial charge in [-0.1, -0.05) is 46.6 Å². The van der Waals surface area contributed by atoms with E-state index in [1.807, 2.05) is 0 Å². The fourth-order valence-corrected chi connectivity index (χ4v) is 3.59. The molecule has 100 valence electrons. The van der Waals surface area contributed by atoms with Crippen LogP contribution in [0, 0.1) is 0 Å². The molecule has 1 N–H and O–H groups in total. The Bertz CT molecular complexity index is 410. The van der Waals surface area contributed by atoms with Gasteiger partial charge < -0.3 is 5.32 Å². The summed E-state index contributed by atoms with van der Waals surface area (Å²) >= 11 is 4.85. The van der Waals surface area contributed by atoms with Gasteiger partial charge in [0.15, 0.2) is 0 Å². The molecule has 0 aromatic carbocycles. The number of nitrogens with one attached hydrogen (secondary N) is 1. The Kier molecular flexibility index (Phi) is 5.12. The monoisotopic (exact) mass is 331 g/mol. The highest BCUT2D eigenvalue weighted by molar-refractivity contribution is 9.09. The highest BCUT2D eigenvalue weighted by Crippen LogP contribution is 2.25. The van der Waals surface area contributed by atoms with Gasteiger partial charge in [-0.25, -0.2) is 0 Å². The number of aromatic nitrogens is 2. The molecule has 2 rings (SSSR count). The quantitative estimate of drug-likeness (QED) is 0.863. The highest BCUT2D eigenvalue weighted by Gasteiger charge is 2.26. The van der Waals surface area contributed by atoms with Gasteiger partial charge >= 0.3 is 0 Å². The first-order valence-electron chi connectivity index (χ1n) is 6.48. The van der Waals surface area contributed by atoms with Crippen molar-refractivity contribution in [2.75, 3.05) is 0 Å². The van der Waals surface area contributed by atoms with Crippen LogP contribution in [0.3, 0.4) is 0 Å². The molecule has 4 nitrogen and oxygen atoms in total. The summed E-state index contributed by atoms with van der Waals surface area (Å²) in [7, 11) is 0. The summed E-state index contributed by atoms with van der Waals surface area (Å²) < 4.78 is 3.89. The molecule has 18 heavy (non-hydrogen) atoms. The second-order valence-corrected chi connectivity index (χ2v) is 6.61. The van der Waals surface area contributed by atoms with Gasteiger partial charge in [0.25, 0.3) is 5.91 Å². The van der Waals surface area contributed by atoms with E-state index in [4.69, 9.17) is 0 Å². The largest absolute Gasteiger partial charge is 0.347 e. The molecule has 1 amide bonds. The lowest BCUT2D eigenvalue weighted by Gasteiger charge is -2.27. The molecule has 1 heterocycles. The Balaban J connectivity index is 2.00. The summed E-state index contributed by atoms with van der Waals surface area (Å²) in [6, 6.07) is 0.239. The van der Waals surface area contributed by atoms with Crippen molar-refractivity contribution >= 4 is 33.4 Å². The number of hydrogen-bond acceptors (Lipinski definition) is 4. The zero-order chi connectivity index (χ0) is 13.0. The molecule has 1 aliphatic rings. The summed E-state index contributed by atoms with van der Waals surface area (Å²) in [5.41, 5.74) is 0.835. The molecule has 0 aliphatic heterocycles. The van der Waals surface area contributed by atoms with Crippen LogP contribution >= 0.6 is 27.5 Å². The number of rotatable bonds is 4. The van der Waals surface area contributed by atoms with E-state index in [1.54, 1.807) is 0 Å². The van der Waals surface area contributed by atoms with E-state index in [2.05, 4.69) is 37.8 Å². The molecular formula is C12H18BrN3OS. The van der Waals surface area contributed by atoms with Gasteiger partial charge in [-0.15, -0.1) is 5.10 Å². The molecule has 0 bridgehead atoms. The van der Waals surface area contributed by atoms with Crippen molar-refractivity contribution in [1.82, 2.24) is 14.9 Å². The maximum absolute atomic E-state index is 12.2. The first kappa shape index (κ1) is 13.9. The molecular weight excluding hydrogens is 314 g/mol. The average Bonchev–Trinajstić information content (AvgIpc) is 2.81. The average molecular weight is 332 g/mol. The molecule has 0 radical (unpaired) electrons. The number of nitrogens with zero attached hydrogens (tertiary/aromatic N) is 2. The maximum atomic E-state index is 12.2. The van der Waals surface area contributed by atoms with E-state index >= 15 is 0 Å². The van der Waals surface area contributed by atoms with Crippen LogP contribution in [0.25, 0.3) is 0 Å². The summed E-state index contributed by atoms with van der Waals surface area (Å²) in [6.07, 6.45) is 6.42. The molecule has 1 saturated carbocycles. The smallest absolute Gasteiger partial charge is 0.265 e. The van der Waals surface area contributed by atoms with Crippen molar-refractivity contribution in [3.63, 3.8) is 0 Å². The van der Waals surface area contributed by atoms with Crippen molar-refractivity contribution in [3.05, 3.63) is 10.6 Å². The van der Waals surface area contributed by atoms with E-state index in [1.165, 1.54) is 24.4 Å². The predicted octanol–water partition coefficient (Wildman–Crippen LogP) is 2.93. The first-order chi connectivity index (χ1) is 8.72. The summed E-state index contributed by atoms with van der Waals surface area (Å²) in [6.45, 7) is 2.08. The van der Waals surface area contributed by atoms with Crippen molar-refractivity contribution in [2.24, 2.45) is 0 Å². The predicted molar refractivity (Wildman–Crippen MR) is 76.3 cm³/mol. The summed E-state index contributed by atoms with van der Waals surface area (Å²) in [5, 5.41) is 7.15. The lowest BCUT2D eigenvalue weighted by molar-refractivity contribution is 0.0933. The van der Waals surface area contributed by atoms with Gasteiger partial charge in [0.2, 0.25) is 0 Å². The molecule has 0 spiro atoms. The minimum absolute atomic E-state index is 0.00944. The summed E-state index contributed by atoms with van der Waals surface area (Å²) in [5.74, 6) is -0.00944. The van der Waals surface area contributed by atoms with Crippen molar-refractivity contribution in [3.8, 4) is 0 Å². The Labute approximate surface area is 120 Å². The van der Waals surface area contributed by atoms with Crippen molar-refractivity contribution in [1.29, 1.82) is 0 Å². The van der Waals surface area contributed by atoms with Gasteiger partial charge in [-0.3, -0.25) is 4.79 Å². The number of carbonyl (C=O) groups excluding carboxylic acids is 1. The van der Waals surface area contributed by atoms with Gasteiger partial charge in [0.05, 0.1) is 5.69 Å². The molecule has 2 atom stereocenters. The van der Waals surface area contributed by atoms with Crippen LogP contribution < -0.4 is 5.32 Å². The molecule has 1 aromatic rings. The second kappa shape index (κ2) is 6.61. The minimum atomic E-state index is -0.00944. The number of aryl methyl sites for hydroxylation is 1. The van der Waals surface area contributed by atoms with Gasteiger partial charge in [-0.05, 0) is 30.8 Å². The molecule has 1 aromatic heterocycles. The maximum Gasteiger partial charge on any atom is 0.265 e. The van der Waals surface area contributed by atoms with Gasteiger partial charge in [-0.2, -0.15) is 0 Å². The van der Waals surface area contributed by atoms with E-state index in [9.17, 15) is 4.79 Å². The van der Waals surface area contributed by atoms with Gasteiger partial charge in [0, 0.05) is 10.9 Å². The highest BCUT2D eigenvalue weighted by atomic mass is 79.9. The second-order valence-electron chi connectivity index (χ2n) is 4.68. The van der Waals surface area contributed by atoms with E-state index < -0.39 is 0 Å². The third kappa shape index (κ3) is 3.29. The van der Waals surface area contributed by atoms with Crippen LogP contribution in [-0.2, 0) is 6.42 Å². The number of amides is 1. The zero-order valence-electron chi connectivity index (χ0n) is 10.5. The van der Waals surface area contributed by atoms with Gasteiger partial charge in [0.1, 0.15) is 4.88 Å². The molecule has 0 saturated heterocycles. The molecule has 6 heteroatoms. The zero-order valence-corrected chi connectivity index (χ0v) is 12.9. The van der Waals surface area contributed by atoms with Crippen LogP contribution in [0.5, 0.6) is 0 Å². The third-order valence-corrected chi connectivity index (χ3v) is 5.11. The van der Waals surface area contributed by atoms with E-state index in [0.29, 0.717) is 9.70 Å². The minimum Gasteiger partial charge on any atom is -0.347 e. The lowest BCUT2D eigenvalue weighted by Crippen LogP contribution is -2.42.